The highest BCUT2D eigenvalue weighted by atomic mass is 32.2. The predicted molar refractivity (Wildman–Crippen MR) is 98.9 cm³/mol. The molecule has 2 aromatic rings. The predicted octanol–water partition coefficient (Wildman–Crippen LogP) is -1.92. The molecule has 0 spiro atoms. The summed E-state index contributed by atoms with van der Waals surface area (Å²) in [7, 11) is -0.235. The second kappa shape index (κ2) is 7.94. The van der Waals surface area contributed by atoms with E-state index in [-0.39, 0.29) is 16.7 Å². The van der Waals surface area contributed by atoms with Crippen molar-refractivity contribution >= 4 is 33.8 Å². The molecular formula is C15H23N6O5S+. The molecule has 1 aliphatic heterocycles. The maximum atomic E-state index is 10.8. The number of aliphatic hydroxyl groups excluding tert-OH is 2. The molecule has 0 saturated carbocycles. The topological polar surface area (TPSA) is 183 Å². The van der Waals surface area contributed by atoms with E-state index >= 15 is 0 Å². The molecule has 12 heteroatoms. The van der Waals surface area contributed by atoms with Crippen molar-refractivity contribution < 1.29 is 24.9 Å². The second-order valence-electron chi connectivity index (χ2n) is 6.51. The van der Waals surface area contributed by atoms with E-state index in [4.69, 9.17) is 21.3 Å². The molecule has 148 valence electrons. The fourth-order valence-corrected chi connectivity index (χ4v) is 4.63. The van der Waals surface area contributed by atoms with Gasteiger partial charge >= 0.3 is 5.97 Å². The summed E-state index contributed by atoms with van der Waals surface area (Å²) in [5.74, 6) is 0.254. The van der Waals surface area contributed by atoms with E-state index in [1.165, 1.54) is 17.2 Å². The summed E-state index contributed by atoms with van der Waals surface area (Å²) in [5, 5.41) is 29.7. The number of aromatic nitrogens is 4. The number of nitrogens with two attached hydrogens (primary N) is 2. The summed E-state index contributed by atoms with van der Waals surface area (Å²) in [4.78, 5) is 23.0. The molecule has 1 saturated heterocycles. The number of hydrogen-bond donors (Lipinski definition) is 5. The Morgan fingerprint density at radius 2 is 2.11 bits per heavy atom. The first-order chi connectivity index (χ1) is 12.8. The van der Waals surface area contributed by atoms with Crippen LogP contribution in [0, 0.1) is 0 Å². The minimum Gasteiger partial charge on any atom is -0.480 e. The van der Waals surface area contributed by atoms with Gasteiger partial charge in [0.25, 0.3) is 0 Å². The zero-order valence-electron chi connectivity index (χ0n) is 14.7. The molecule has 2 aromatic heterocycles. The lowest BCUT2D eigenvalue weighted by Gasteiger charge is -2.16. The molecule has 6 atom stereocenters. The highest BCUT2D eigenvalue weighted by Crippen LogP contribution is 2.32. The third-order valence-electron chi connectivity index (χ3n) is 4.54. The Hall–Kier alpha value is -1.99. The van der Waals surface area contributed by atoms with Gasteiger partial charge in [-0.05, 0) is 10.9 Å². The van der Waals surface area contributed by atoms with Crippen molar-refractivity contribution in [2.24, 2.45) is 5.73 Å². The Kier molecular flexibility index (Phi) is 5.81. The number of aliphatic carboxylic acids is 1. The number of carboxylic acids is 1. The minimum atomic E-state index is -1.16. The van der Waals surface area contributed by atoms with Crippen LogP contribution in [0.25, 0.3) is 11.2 Å². The van der Waals surface area contributed by atoms with Crippen LogP contribution in [0.3, 0.4) is 0 Å². The molecule has 0 aromatic carbocycles. The van der Waals surface area contributed by atoms with Gasteiger partial charge in [-0.3, -0.25) is 9.36 Å². The smallest absolute Gasteiger partial charge is 0.320 e. The number of nitrogens with zero attached hydrogens (tertiary/aromatic N) is 4. The van der Waals surface area contributed by atoms with Gasteiger partial charge in [0, 0.05) is 6.42 Å². The van der Waals surface area contributed by atoms with Gasteiger partial charge in [0.05, 0.1) is 12.6 Å². The summed E-state index contributed by atoms with van der Waals surface area (Å²) in [5.41, 5.74) is 12.1. The van der Waals surface area contributed by atoms with Crippen molar-refractivity contribution in [3.8, 4) is 0 Å². The number of hydrogen-bond acceptors (Lipinski definition) is 9. The largest absolute Gasteiger partial charge is 0.480 e. The van der Waals surface area contributed by atoms with Crippen LogP contribution >= 0.6 is 0 Å². The van der Waals surface area contributed by atoms with Gasteiger partial charge in [0.15, 0.2) is 17.7 Å². The molecule has 0 radical (unpaired) electrons. The summed E-state index contributed by atoms with van der Waals surface area (Å²) in [6.45, 7) is 0. The van der Waals surface area contributed by atoms with Crippen molar-refractivity contribution in [1.29, 1.82) is 0 Å². The average Bonchev–Trinajstić information content (AvgIpc) is 3.17. The molecule has 27 heavy (non-hydrogen) atoms. The first-order valence-electron chi connectivity index (χ1n) is 8.31. The van der Waals surface area contributed by atoms with Crippen LogP contribution in [0.4, 0.5) is 5.82 Å². The van der Waals surface area contributed by atoms with Gasteiger partial charge in [0.2, 0.25) is 0 Å². The van der Waals surface area contributed by atoms with E-state index in [1.54, 1.807) is 0 Å². The Labute approximate surface area is 157 Å². The highest BCUT2D eigenvalue weighted by Gasteiger charge is 2.46. The van der Waals surface area contributed by atoms with Crippen LogP contribution in [0.15, 0.2) is 12.7 Å². The van der Waals surface area contributed by atoms with Crippen LogP contribution in [-0.4, -0.2) is 82.9 Å². The first kappa shape index (κ1) is 19.8. The van der Waals surface area contributed by atoms with E-state index in [9.17, 15) is 15.0 Å². The quantitative estimate of drug-likeness (QED) is 0.329. The molecule has 1 fully saturated rings. The summed E-state index contributed by atoms with van der Waals surface area (Å²) in [6.07, 6.45) is 1.31. The van der Waals surface area contributed by atoms with E-state index < -0.39 is 36.6 Å². The number of rotatable bonds is 7. The van der Waals surface area contributed by atoms with Crippen molar-refractivity contribution in [2.45, 2.75) is 37.0 Å². The SMILES string of the molecule is C[S+](CCC(N)C(=O)O)C[C@H]1OC(n2cnc3c(N)ncnc32)[C@H](O)[C@@H]1O. The monoisotopic (exact) mass is 399 g/mol. The van der Waals surface area contributed by atoms with Crippen LogP contribution in [-0.2, 0) is 20.4 Å². The lowest BCUT2D eigenvalue weighted by Crippen LogP contribution is -2.37. The second-order valence-corrected chi connectivity index (χ2v) is 8.82. The third-order valence-corrected chi connectivity index (χ3v) is 6.37. The number of fused-ring (bicyclic) bond motifs is 1. The van der Waals surface area contributed by atoms with E-state index in [2.05, 4.69) is 15.0 Å². The molecule has 1 aliphatic rings. The maximum Gasteiger partial charge on any atom is 0.320 e. The fraction of sp³-hybridized carbons (Fsp3) is 0.600. The highest BCUT2D eigenvalue weighted by molar-refractivity contribution is 7.96. The summed E-state index contributed by atoms with van der Waals surface area (Å²) in [6, 6.07) is -0.907. The van der Waals surface area contributed by atoms with Gasteiger partial charge in [-0.15, -0.1) is 0 Å². The molecule has 0 amide bonds. The molecule has 3 heterocycles. The molecule has 11 nitrogen and oxygen atoms in total. The van der Waals surface area contributed by atoms with E-state index in [0.29, 0.717) is 29.1 Å². The number of imidazole rings is 1. The molecule has 3 rings (SSSR count). The lowest BCUT2D eigenvalue weighted by molar-refractivity contribution is -0.138. The zero-order chi connectivity index (χ0) is 19.7. The Morgan fingerprint density at radius 3 is 2.81 bits per heavy atom. The first-order valence-corrected chi connectivity index (χ1v) is 10.3. The number of carbonyl (C=O) groups is 1. The molecule has 3 unspecified atom stereocenters. The Balaban J connectivity index is 1.68. The normalized spacial score (nSPS) is 27.7. The molecule has 0 bridgehead atoms. The van der Waals surface area contributed by atoms with Crippen LogP contribution < -0.4 is 11.5 Å². The molecular weight excluding hydrogens is 376 g/mol. The van der Waals surface area contributed by atoms with Crippen molar-refractivity contribution in [2.75, 3.05) is 23.5 Å². The van der Waals surface area contributed by atoms with E-state index in [1.807, 2.05) is 6.26 Å². The van der Waals surface area contributed by atoms with Gasteiger partial charge in [-0.25, -0.2) is 15.0 Å². The van der Waals surface area contributed by atoms with Gasteiger partial charge in [0.1, 0.15) is 47.7 Å². The van der Waals surface area contributed by atoms with Gasteiger partial charge in [-0.1, -0.05) is 0 Å². The number of nitrogen functional groups attached to an aromatic ring is 1. The third kappa shape index (κ3) is 3.99. The minimum absolute atomic E-state index is 0.216. The summed E-state index contributed by atoms with van der Waals surface area (Å²) < 4.78 is 7.41. The standard InChI is InChI=1S/C15H22N6O5S/c1-27(3-2-7(16)15(24)25)4-8-10(22)11(23)14(26-8)21-6-20-9-12(17)18-5-19-13(9)21/h5-8,10-11,14,22-23H,2-4,16H2,1H3,(H2-,17,18,19,24,25)/p+1/t7?,8-,10-,11-,14?,27?/m1/s1. The lowest BCUT2D eigenvalue weighted by atomic mass is 10.1. The number of anilines is 1. The number of ether oxygens (including phenoxy) is 1. The number of aliphatic hydroxyl groups is 2. The summed E-state index contributed by atoms with van der Waals surface area (Å²) >= 11 is 0. The maximum absolute atomic E-state index is 10.8. The van der Waals surface area contributed by atoms with Crippen molar-refractivity contribution in [1.82, 2.24) is 19.5 Å². The average molecular weight is 399 g/mol. The Bertz CT molecular complexity index is 819. The number of carboxylic acid groups (broad SMARTS) is 1. The van der Waals surface area contributed by atoms with Crippen LogP contribution in [0.5, 0.6) is 0 Å². The van der Waals surface area contributed by atoms with Gasteiger partial charge in [-0.2, -0.15) is 0 Å². The zero-order valence-corrected chi connectivity index (χ0v) is 15.5. The Morgan fingerprint density at radius 1 is 1.37 bits per heavy atom. The van der Waals surface area contributed by atoms with Crippen LogP contribution in [0.1, 0.15) is 12.6 Å². The van der Waals surface area contributed by atoms with Crippen LogP contribution in [0.2, 0.25) is 0 Å². The van der Waals surface area contributed by atoms with Crippen molar-refractivity contribution in [3.63, 3.8) is 0 Å². The molecule has 7 N–H and O–H groups in total. The van der Waals surface area contributed by atoms with E-state index in [0.717, 1.165) is 0 Å². The van der Waals surface area contributed by atoms with Gasteiger partial charge < -0.3 is 31.5 Å². The molecule has 0 aliphatic carbocycles. The van der Waals surface area contributed by atoms with Crippen molar-refractivity contribution in [3.05, 3.63) is 12.7 Å². The fourth-order valence-electron chi connectivity index (χ4n) is 2.97.